The van der Waals surface area contributed by atoms with E-state index in [0.29, 0.717) is 17.5 Å². The standard InChI is InChI=1S/C12H12N6O/c1-13-12-16-10(8-6-15-18-11(8)17-12)7-3-4-9(19-2)14-5-7/h3-6H,1-2H3,(H2,13,15,16,17,18). The summed E-state index contributed by atoms with van der Waals surface area (Å²) < 4.78 is 5.05. The molecule has 0 amide bonds. The Bertz CT molecular complexity index is 706. The normalized spacial score (nSPS) is 10.6. The molecule has 0 saturated carbocycles. The van der Waals surface area contributed by atoms with Crippen LogP contribution in [0.2, 0.25) is 0 Å². The van der Waals surface area contributed by atoms with Crippen molar-refractivity contribution in [2.75, 3.05) is 19.5 Å². The zero-order valence-electron chi connectivity index (χ0n) is 10.5. The minimum absolute atomic E-state index is 0.530. The van der Waals surface area contributed by atoms with E-state index in [1.54, 1.807) is 32.6 Å². The third kappa shape index (κ3) is 1.95. The lowest BCUT2D eigenvalue weighted by Crippen LogP contribution is -1.98. The molecule has 7 nitrogen and oxygen atoms in total. The Kier molecular flexibility index (Phi) is 2.71. The summed E-state index contributed by atoms with van der Waals surface area (Å²) in [5.41, 5.74) is 2.34. The van der Waals surface area contributed by atoms with Gasteiger partial charge in [-0.1, -0.05) is 0 Å². The quantitative estimate of drug-likeness (QED) is 0.737. The molecule has 0 atom stereocenters. The molecule has 0 bridgehead atoms. The molecule has 0 radical (unpaired) electrons. The molecule has 0 fully saturated rings. The molecule has 0 saturated heterocycles. The number of aromatic nitrogens is 5. The lowest BCUT2D eigenvalue weighted by molar-refractivity contribution is 0.398. The zero-order valence-corrected chi connectivity index (χ0v) is 10.5. The number of anilines is 1. The second-order valence-corrected chi connectivity index (χ2v) is 3.87. The van der Waals surface area contributed by atoms with Crippen LogP contribution in [-0.4, -0.2) is 39.3 Å². The first-order chi connectivity index (χ1) is 9.31. The van der Waals surface area contributed by atoms with Gasteiger partial charge in [0.15, 0.2) is 5.65 Å². The molecule has 0 aliphatic carbocycles. The molecule has 0 aliphatic rings. The first-order valence-corrected chi connectivity index (χ1v) is 5.71. The van der Waals surface area contributed by atoms with Crippen LogP contribution in [0.5, 0.6) is 5.88 Å². The van der Waals surface area contributed by atoms with Gasteiger partial charge in [0, 0.05) is 24.9 Å². The van der Waals surface area contributed by atoms with Gasteiger partial charge in [0.1, 0.15) is 0 Å². The van der Waals surface area contributed by atoms with E-state index in [9.17, 15) is 0 Å². The van der Waals surface area contributed by atoms with Crippen LogP contribution in [-0.2, 0) is 0 Å². The van der Waals surface area contributed by atoms with Crippen LogP contribution in [0.1, 0.15) is 0 Å². The van der Waals surface area contributed by atoms with Crippen molar-refractivity contribution in [3.8, 4) is 17.1 Å². The van der Waals surface area contributed by atoms with Gasteiger partial charge >= 0.3 is 0 Å². The van der Waals surface area contributed by atoms with Gasteiger partial charge < -0.3 is 10.1 Å². The summed E-state index contributed by atoms with van der Waals surface area (Å²) in [6.45, 7) is 0. The molecule has 0 unspecified atom stereocenters. The summed E-state index contributed by atoms with van der Waals surface area (Å²) in [7, 11) is 3.35. The van der Waals surface area contributed by atoms with E-state index in [1.807, 2.05) is 6.07 Å². The number of fused-ring (bicyclic) bond motifs is 1. The van der Waals surface area contributed by atoms with Gasteiger partial charge in [-0.3, -0.25) is 5.10 Å². The van der Waals surface area contributed by atoms with Crippen LogP contribution < -0.4 is 10.1 Å². The van der Waals surface area contributed by atoms with E-state index < -0.39 is 0 Å². The number of nitrogens with zero attached hydrogens (tertiary/aromatic N) is 4. The Morgan fingerprint density at radius 1 is 1.21 bits per heavy atom. The SMILES string of the molecule is CNc1nc(-c2ccc(OC)nc2)c2cn[nH]c2n1. The molecular formula is C12H12N6O. The van der Waals surface area contributed by atoms with Gasteiger partial charge in [0.2, 0.25) is 11.8 Å². The molecule has 7 heteroatoms. The third-order valence-electron chi connectivity index (χ3n) is 2.75. The molecule has 3 heterocycles. The predicted molar refractivity (Wildman–Crippen MR) is 71.0 cm³/mol. The van der Waals surface area contributed by atoms with Gasteiger partial charge in [0.25, 0.3) is 0 Å². The average molecular weight is 256 g/mol. The Morgan fingerprint density at radius 2 is 2.11 bits per heavy atom. The highest BCUT2D eigenvalue weighted by Crippen LogP contribution is 2.26. The first kappa shape index (κ1) is 11.4. The van der Waals surface area contributed by atoms with E-state index in [1.165, 1.54) is 0 Å². The average Bonchev–Trinajstić information content (AvgIpc) is 2.94. The maximum absolute atomic E-state index is 5.05. The summed E-state index contributed by atoms with van der Waals surface area (Å²) in [4.78, 5) is 12.9. The second kappa shape index (κ2) is 4.52. The Balaban J connectivity index is 2.18. The van der Waals surface area contributed by atoms with Crippen molar-refractivity contribution in [2.24, 2.45) is 0 Å². The summed E-state index contributed by atoms with van der Waals surface area (Å²) in [5, 5.41) is 10.6. The minimum Gasteiger partial charge on any atom is -0.481 e. The first-order valence-electron chi connectivity index (χ1n) is 5.71. The molecule has 0 aromatic carbocycles. The highest BCUT2D eigenvalue weighted by atomic mass is 16.5. The van der Waals surface area contributed by atoms with Crippen LogP contribution in [0.15, 0.2) is 24.5 Å². The second-order valence-electron chi connectivity index (χ2n) is 3.87. The lowest BCUT2D eigenvalue weighted by atomic mass is 10.1. The molecule has 0 spiro atoms. The molecule has 3 aromatic heterocycles. The number of H-pyrrole nitrogens is 1. The van der Waals surface area contributed by atoms with E-state index in [4.69, 9.17) is 4.74 Å². The van der Waals surface area contributed by atoms with Gasteiger partial charge in [-0.15, -0.1) is 0 Å². The van der Waals surface area contributed by atoms with Crippen LogP contribution in [0.4, 0.5) is 5.95 Å². The van der Waals surface area contributed by atoms with Gasteiger partial charge in [-0.25, -0.2) is 9.97 Å². The predicted octanol–water partition coefficient (Wildman–Crippen LogP) is 1.47. The zero-order chi connectivity index (χ0) is 13.2. The molecule has 0 aliphatic heterocycles. The fourth-order valence-corrected chi connectivity index (χ4v) is 1.81. The van der Waals surface area contributed by atoms with Crippen molar-refractivity contribution in [2.45, 2.75) is 0 Å². The molecule has 3 rings (SSSR count). The molecule has 2 N–H and O–H groups in total. The lowest BCUT2D eigenvalue weighted by Gasteiger charge is -2.05. The van der Waals surface area contributed by atoms with E-state index in [-0.39, 0.29) is 0 Å². The summed E-state index contributed by atoms with van der Waals surface area (Å²) in [5.74, 6) is 1.10. The van der Waals surface area contributed by atoms with Crippen LogP contribution >= 0.6 is 0 Å². The van der Waals surface area contributed by atoms with Gasteiger partial charge in [0.05, 0.1) is 24.4 Å². The molecule has 19 heavy (non-hydrogen) atoms. The smallest absolute Gasteiger partial charge is 0.225 e. The van der Waals surface area contributed by atoms with Crippen molar-refractivity contribution in [1.29, 1.82) is 0 Å². The maximum Gasteiger partial charge on any atom is 0.225 e. The fourth-order valence-electron chi connectivity index (χ4n) is 1.81. The summed E-state index contributed by atoms with van der Waals surface area (Å²) in [6.07, 6.45) is 3.42. The number of ether oxygens (including phenoxy) is 1. The largest absolute Gasteiger partial charge is 0.481 e. The van der Waals surface area contributed by atoms with E-state index >= 15 is 0 Å². The number of rotatable bonds is 3. The summed E-state index contributed by atoms with van der Waals surface area (Å²) in [6, 6.07) is 3.70. The molecule has 3 aromatic rings. The highest BCUT2D eigenvalue weighted by Gasteiger charge is 2.11. The number of pyridine rings is 1. The van der Waals surface area contributed by atoms with Crippen molar-refractivity contribution in [1.82, 2.24) is 25.1 Å². The van der Waals surface area contributed by atoms with Crippen molar-refractivity contribution in [3.05, 3.63) is 24.5 Å². The van der Waals surface area contributed by atoms with Crippen LogP contribution in [0.3, 0.4) is 0 Å². The Labute approximate surface area is 109 Å². The van der Waals surface area contributed by atoms with Crippen molar-refractivity contribution >= 4 is 17.0 Å². The molecular weight excluding hydrogens is 244 g/mol. The Hall–Kier alpha value is -2.70. The Morgan fingerprint density at radius 3 is 2.79 bits per heavy atom. The van der Waals surface area contributed by atoms with Gasteiger partial charge in [-0.05, 0) is 6.07 Å². The number of methoxy groups -OCH3 is 1. The maximum atomic E-state index is 5.05. The fraction of sp³-hybridized carbons (Fsp3) is 0.167. The molecule has 96 valence electrons. The van der Waals surface area contributed by atoms with Crippen LogP contribution in [0.25, 0.3) is 22.3 Å². The number of aromatic amines is 1. The monoisotopic (exact) mass is 256 g/mol. The van der Waals surface area contributed by atoms with E-state index in [0.717, 1.165) is 16.6 Å². The number of hydrogen-bond donors (Lipinski definition) is 2. The van der Waals surface area contributed by atoms with Crippen molar-refractivity contribution in [3.63, 3.8) is 0 Å². The minimum atomic E-state index is 0.530. The summed E-state index contributed by atoms with van der Waals surface area (Å²) >= 11 is 0. The van der Waals surface area contributed by atoms with E-state index in [2.05, 4.69) is 30.5 Å². The number of nitrogens with one attached hydrogen (secondary N) is 2. The topological polar surface area (TPSA) is 88.6 Å². The van der Waals surface area contributed by atoms with Crippen molar-refractivity contribution < 1.29 is 4.74 Å². The van der Waals surface area contributed by atoms with Crippen LogP contribution in [0, 0.1) is 0 Å². The number of hydrogen-bond acceptors (Lipinski definition) is 6. The van der Waals surface area contributed by atoms with Gasteiger partial charge in [-0.2, -0.15) is 10.1 Å². The highest BCUT2D eigenvalue weighted by molar-refractivity contribution is 5.90. The third-order valence-corrected chi connectivity index (χ3v) is 2.75.